The molecule has 3 heterocycles. The molecule has 118 valence electrons. The molecule has 0 aliphatic carbocycles. The number of rotatable bonds is 4. The molecule has 0 unspecified atom stereocenters. The average Bonchev–Trinajstić information content (AvgIpc) is 3.14. The quantitative estimate of drug-likeness (QED) is 0.777. The number of hydrogen-bond donors (Lipinski definition) is 1. The third-order valence-corrected chi connectivity index (χ3v) is 5.00. The maximum atomic E-state index is 4.83. The van der Waals surface area contributed by atoms with Gasteiger partial charge in [-0.05, 0) is 53.8 Å². The molecule has 1 aliphatic heterocycles. The highest BCUT2D eigenvalue weighted by atomic mass is 32.1. The van der Waals surface area contributed by atoms with Gasteiger partial charge >= 0.3 is 0 Å². The minimum absolute atomic E-state index is 0.796. The molecule has 0 radical (unpaired) electrons. The average molecular weight is 324 g/mol. The summed E-state index contributed by atoms with van der Waals surface area (Å²) in [5, 5.41) is 8.86. The van der Waals surface area contributed by atoms with Crippen molar-refractivity contribution >= 4 is 34.0 Å². The van der Waals surface area contributed by atoms with Crippen LogP contribution < -0.4 is 10.2 Å². The standard InChI is InChI=1S/C18H20N4S/c1-4-9-22(10-5-1)18-20-16-7-3-2-6-15(16)17(21-18)19-12-14-8-11-23-13-14/h2-3,6-8,11,13H,1,4-5,9-10,12H2,(H,19,20,21). The summed E-state index contributed by atoms with van der Waals surface area (Å²) < 4.78 is 0. The monoisotopic (exact) mass is 324 g/mol. The van der Waals surface area contributed by atoms with Crippen LogP contribution in [0.2, 0.25) is 0 Å². The summed E-state index contributed by atoms with van der Waals surface area (Å²) in [5.74, 6) is 1.79. The zero-order valence-electron chi connectivity index (χ0n) is 13.0. The molecule has 1 saturated heterocycles. The van der Waals surface area contributed by atoms with E-state index in [4.69, 9.17) is 9.97 Å². The number of aromatic nitrogens is 2. The second kappa shape index (κ2) is 6.54. The SMILES string of the molecule is c1ccc2c(NCc3ccsc3)nc(N3CCCCC3)nc2c1. The van der Waals surface area contributed by atoms with Crippen molar-refractivity contribution in [2.75, 3.05) is 23.3 Å². The van der Waals surface area contributed by atoms with Gasteiger partial charge in [0, 0.05) is 25.0 Å². The molecule has 0 saturated carbocycles. The van der Waals surface area contributed by atoms with E-state index in [9.17, 15) is 0 Å². The molecule has 2 aromatic heterocycles. The molecule has 3 aromatic rings. The van der Waals surface area contributed by atoms with Gasteiger partial charge in [0.2, 0.25) is 5.95 Å². The lowest BCUT2D eigenvalue weighted by Gasteiger charge is -2.27. The number of fused-ring (bicyclic) bond motifs is 1. The zero-order chi connectivity index (χ0) is 15.5. The first kappa shape index (κ1) is 14.5. The summed E-state index contributed by atoms with van der Waals surface area (Å²) in [5.41, 5.74) is 2.30. The zero-order valence-corrected chi connectivity index (χ0v) is 13.9. The number of nitrogens with zero attached hydrogens (tertiary/aromatic N) is 3. The Hall–Kier alpha value is -2.14. The molecule has 1 aliphatic rings. The highest BCUT2D eigenvalue weighted by molar-refractivity contribution is 7.07. The lowest BCUT2D eigenvalue weighted by Crippen LogP contribution is -2.31. The van der Waals surface area contributed by atoms with Crippen molar-refractivity contribution in [2.24, 2.45) is 0 Å². The van der Waals surface area contributed by atoms with Gasteiger partial charge in [0.25, 0.3) is 0 Å². The third-order valence-electron chi connectivity index (χ3n) is 4.27. The molecule has 0 atom stereocenters. The van der Waals surface area contributed by atoms with Crippen molar-refractivity contribution in [2.45, 2.75) is 25.8 Å². The Bertz CT molecular complexity index is 779. The fraction of sp³-hybridized carbons (Fsp3) is 0.333. The van der Waals surface area contributed by atoms with Gasteiger partial charge in [-0.1, -0.05) is 12.1 Å². The number of nitrogens with one attached hydrogen (secondary N) is 1. The predicted octanol–water partition coefficient (Wildman–Crippen LogP) is 4.29. The van der Waals surface area contributed by atoms with Gasteiger partial charge in [0.1, 0.15) is 5.82 Å². The topological polar surface area (TPSA) is 41.1 Å². The molecular weight excluding hydrogens is 304 g/mol. The summed E-state index contributed by atoms with van der Waals surface area (Å²) in [6.45, 7) is 2.91. The number of thiophene rings is 1. The number of anilines is 2. The van der Waals surface area contributed by atoms with Crippen molar-refractivity contribution in [3.8, 4) is 0 Å². The van der Waals surface area contributed by atoms with Gasteiger partial charge in [-0.3, -0.25) is 0 Å². The third kappa shape index (κ3) is 3.15. The maximum absolute atomic E-state index is 4.83. The molecule has 23 heavy (non-hydrogen) atoms. The van der Waals surface area contributed by atoms with E-state index in [0.29, 0.717) is 0 Å². The van der Waals surface area contributed by atoms with Crippen molar-refractivity contribution in [3.05, 3.63) is 46.7 Å². The summed E-state index contributed by atoms with van der Waals surface area (Å²) in [6.07, 6.45) is 3.77. The van der Waals surface area contributed by atoms with Gasteiger partial charge < -0.3 is 10.2 Å². The number of hydrogen-bond acceptors (Lipinski definition) is 5. The molecule has 1 aromatic carbocycles. The molecule has 5 heteroatoms. The molecular formula is C18H20N4S. The molecule has 0 amide bonds. The highest BCUT2D eigenvalue weighted by Gasteiger charge is 2.16. The normalized spacial score (nSPS) is 15.0. The molecule has 1 N–H and O–H groups in total. The predicted molar refractivity (Wildman–Crippen MR) is 97.2 cm³/mol. The lowest BCUT2D eigenvalue weighted by molar-refractivity contribution is 0.569. The fourth-order valence-electron chi connectivity index (χ4n) is 3.01. The Morgan fingerprint density at radius 3 is 2.74 bits per heavy atom. The van der Waals surface area contributed by atoms with Crippen LogP contribution in [0.1, 0.15) is 24.8 Å². The molecule has 4 rings (SSSR count). The van der Waals surface area contributed by atoms with E-state index in [1.807, 2.05) is 12.1 Å². The van der Waals surface area contributed by atoms with Crippen LogP contribution in [0.15, 0.2) is 41.1 Å². The Kier molecular flexibility index (Phi) is 4.11. The highest BCUT2D eigenvalue weighted by Crippen LogP contribution is 2.25. The summed E-state index contributed by atoms with van der Waals surface area (Å²) in [6, 6.07) is 10.4. The second-order valence-corrected chi connectivity index (χ2v) is 6.70. The summed E-state index contributed by atoms with van der Waals surface area (Å²) >= 11 is 1.72. The minimum atomic E-state index is 0.796. The van der Waals surface area contributed by atoms with Crippen molar-refractivity contribution in [1.29, 1.82) is 0 Å². The second-order valence-electron chi connectivity index (χ2n) is 5.92. The molecule has 1 fully saturated rings. The van der Waals surface area contributed by atoms with Crippen molar-refractivity contribution in [3.63, 3.8) is 0 Å². The Morgan fingerprint density at radius 1 is 1.04 bits per heavy atom. The van der Waals surface area contributed by atoms with Crippen LogP contribution in [0.25, 0.3) is 10.9 Å². The van der Waals surface area contributed by atoms with Crippen LogP contribution in [0.5, 0.6) is 0 Å². The van der Waals surface area contributed by atoms with Crippen LogP contribution in [0.3, 0.4) is 0 Å². The first-order valence-corrected chi connectivity index (χ1v) is 9.11. The first-order chi connectivity index (χ1) is 11.4. The van der Waals surface area contributed by atoms with E-state index < -0.39 is 0 Å². The van der Waals surface area contributed by atoms with Crippen molar-refractivity contribution in [1.82, 2.24) is 9.97 Å². The van der Waals surface area contributed by atoms with E-state index >= 15 is 0 Å². The molecule has 0 spiro atoms. The van der Waals surface area contributed by atoms with Crippen LogP contribution in [-0.4, -0.2) is 23.1 Å². The van der Waals surface area contributed by atoms with E-state index in [0.717, 1.165) is 42.3 Å². The van der Waals surface area contributed by atoms with E-state index in [-0.39, 0.29) is 0 Å². The van der Waals surface area contributed by atoms with Crippen LogP contribution in [-0.2, 0) is 6.54 Å². The van der Waals surface area contributed by atoms with Crippen LogP contribution in [0.4, 0.5) is 11.8 Å². The van der Waals surface area contributed by atoms with Crippen molar-refractivity contribution < 1.29 is 0 Å². The van der Waals surface area contributed by atoms with Crippen LogP contribution in [0, 0.1) is 0 Å². The van der Waals surface area contributed by atoms with E-state index in [1.54, 1.807) is 11.3 Å². The molecule has 0 bridgehead atoms. The number of benzene rings is 1. The maximum Gasteiger partial charge on any atom is 0.227 e. The Labute approximate surface area is 140 Å². The van der Waals surface area contributed by atoms with Gasteiger partial charge in [0.05, 0.1) is 5.52 Å². The van der Waals surface area contributed by atoms with Gasteiger partial charge in [-0.15, -0.1) is 0 Å². The summed E-state index contributed by atoms with van der Waals surface area (Å²) in [4.78, 5) is 11.9. The van der Waals surface area contributed by atoms with E-state index in [2.05, 4.69) is 39.2 Å². The van der Waals surface area contributed by atoms with E-state index in [1.165, 1.54) is 24.8 Å². The number of para-hydroxylation sites is 1. The fourth-order valence-corrected chi connectivity index (χ4v) is 3.68. The largest absolute Gasteiger partial charge is 0.365 e. The smallest absolute Gasteiger partial charge is 0.227 e. The minimum Gasteiger partial charge on any atom is -0.365 e. The lowest BCUT2D eigenvalue weighted by atomic mass is 10.1. The van der Waals surface area contributed by atoms with Gasteiger partial charge in [-0.25, -0.2) is 4.98 Å². The number of piperidine rings is 1. The molecule has 4 nitrogen and oxygen atoms in total. The Balaban J connectivity index is 1.68. The first-order valence-electron chi connectivity index (χ1n) is 8.17. The van der Waals surface area contributed by atoms with Crippen LogP contribution >= 0.6 is 11.3 Å². The summed E-state index contributed by atoms with van der Waals surface area (Å²) in [7, 11) is 0. The van der Waals surface area contributed by atoms with Gasteiger partial charge in [-0.2, -0.15) is 16.3 Å². The van der Waals surface area contributed by atoms with Gasteiger partial charge in [0.15, 0.2) is 0 Å². The Morgan fingerprint density at radius 2 is 1.91 bits per heavy atom.